The van der Waals surface area contributed by atoms with Crippen molar-refractivity contribution in [2.75, 3.05) is 19.0 Å². The molecule has 0 aliphatic carbocycles. The summed E-state index contributed by atoms with van der Waals surface area (Å²) in [6.45, 7) is 3.49. The van der Waals surface area contributed by atoms with Gasteiger partial charge in [-0.1, -0.05) is 12.2 Å². The van der Waals surface area contributed by atoms with Crippen LogP contribution < -0.4 is 0 Å². The fourth-order valence-electron chi connectivity index (χ4n) is 0.659. The fraction of sp³-hybridized carbons (Fsp3) is 0.750. The normalized spacial score (nSPS) is 12.5. The average Bonchev–Trinajstić information content (AvgIpc) is 2.05. The monoisotopic (exact) mass is 224 g/mol. The molecule has 0 amide bonds. The van der Waals surface area contributed by atoms with Gasteiger partial charge in [-0.3, -0.25) is 0 Å². The van der Waals surface area contributed by atoms with Crippen LogP contribution in [0.4, 0.5) is 0 Å². The Kier molecular flexibility index (Phi) is 7.77. The quantitative estimate of drug-likeness (QED) is 0.490. The third-order valence-electron chi connectivity index (χ3n) is 1.14. The van der Waals surface area contributed by atoms with Crippen LogP contribution in [0.5, 0.6) is 0 Å². The maximum absolute atomic E-state index is 11.8. The molecule has 13 heavy (non-hydrogen) atoms. The second-order valence-electron chi connectivity index (χ2n) is 2.15. The number of hydrogen-bond acceptors (Lipinski definition) is 4. The van der Waals surface area contributed by atoms with E-state index in [1.165, 1.54) is 11.4 Å². The van der Waals surface area contributed by atoms with E-state index >= 15 is 0 Å². The Morgan fingerprint density at radius 1 is 1.31 bits per heavy atom. The van der Waals surface area contributed by atoms with Crippen LogP contribution in [0.25, 0.3) is 0 Å². The van der Waals surface area contributed by atoms with Crippen LogP contribution in [0.2, 0.25) is 0 Å². The molecule has 0 atom stereocenters. The smallest absolute Gasteiger partial charge is 0.301 e. The van der Waals surface area contributed by atoms with Crippen molar-refractivity contribution in [3.63, 3.8) is 0 Å². The van der Waals surface area contributed by atoms with E-state index in [1.54, 1.807) is 0 Å². The minimum absolute atomic E-state index is 0.417. The molecule has 0 aromatic heterocycles. The summed E-state index contributed by atoms with van der Waals surface area (Å²) in [4.78, 5) is 0. The standard InChI is InChI=1S/C8H17O3PS/c1-4-7-8-13-12(9,10-5-2)11-6-3/h4,7H,5-6,8H2,1-3H3/b7-4+. The number of allylic oxidation sites excluding steroid dienone is 1. The van der Waals surface area contributed by atoms with E-state index in [9.17, 15) is 4.57 Å². The average molecular weight is 224 g/mol. The molecule has 0 aromatic carbocycles. The van der Waals surface area contributed by atoms with Crippen molar-refractivity contribution in [3.05, 3.63) is 12.2 Å². The van der Waals surface area contributed by atoms with Crippen LogP contribution in [0.15, 0.2) is 12.2 Å². The SMILES string of the molecule is C/C=C/CSP(=O)(OCC)OCC. The van der Waals surface area contributed by atoms with E-state index in [1.807, 2.05) is 32.9 Å². The third-order valence-corrected chi connectivity index (χ3v) is 4.97. The summed E-state index contributed by atoms with van der Waals surface area (Å²) in [6.07, 6.45) is 3.84. The highest BCUT2D eigenvalue weighted by Crippen LogP contribution is 2.60. The zero-order valence-electron chi connectivity index (χ0n) is 8.36. The highest BCUT2D eigenvalue weighted by molar-refractivity contribution is 8.55. The van der Waals surface area contributed by atoms with Gasteiger partial charge in [-0.2, -0.15) is 0 Å². The Hall–Kier alpha value is 0.240. The first-order valence-corrected chi connectivity index (χ1v) is 7.46. The molecule has 0 aromatic rings. The van der Waals surface area contributed by atoms with Crippen LogP contribution in [-0.2, 0) is 13.6 Å². The predicted octanol–water partition coefficient (Wildman–Crippen LogP) is 3.48. The Balaban J connectivity index is 3.99. The van der Waals surface area contributed by atoms with E-state index < -0.39 is 6.80 Å². The van der Waals surface area contributed by atoms with Gasteiger partial charge in [0.15, 0.2) is 0 Å². The van der Waals surface area contributed by atoms with Gasteiger partial charge in [0.25, 0.3) is 0 Å². The van der Waals surface area contributed by atoms with Gasteiger partial charge in [-0.05, 0) is 32.2 Å². The lowest BCUT2D eigenvalue weighted by molar-refractivity contribution is 0.237. The van der Waals surface area contributed by atoms with Gasteiger partial charge >= 0.3 is 6.80 Å². The molecule has 0 rings (SSSR count). The predicted molar refractivity (Wildman–Crippen MR) is 58.1 cm³/mol. The summed E-state index contributed by atoms with van der Waals surface area (Å²) >= 11 is 1.22. The van der Waals surface area contributed by atoms with E-state index in [2.05, 4.69) is 0 Å². The van der Waals surface area contributed by atoms with Gasteiger partial charge in [-0.15, -0.1) is 0 Å². The van der Waals surface area contributed by atoms with Crippen LogP contribution in [0, 0.1) is 0 Å². The van der Waals surface area contributed by atoms with Crippen LogP contribution in [0.3, 0.4) is 0 Å². The number of rotatable bonds is 7. The molecule has 0 heterocycles. The lowest BCUT2D eigenvalue weighted by Gasteiger charge is -2.14. The summed E-state index contributed by atoms with van der Waals surface area (Å²) in [5.74, 6) is 0.660. The van der Waals surface area contributed by atoms with Gasteiger partial charge in [0, 0.05) is 5.75 Å². The fourth-order valence-corrected chi connectivity index (χ4v) is 3.86. The molecule has 0 aliphatic rings. The molecule has 3 nitrogen and oxygen atoms in total. The van der Waals surface area contributed by atoms with Crippen molar-refractivity contribution in [3.8, 4) is 0 Å². The van der Waals surface area contributed by atoms with Gasteiger partial charge in [0.1, 0.15) is 0 Å². The van der Waals surface area contributed by atoms with Gasteiger partial charge in [0.05, 0.1) is 13.2 Å². The largest absolute Gasteiger partial charge is 0.389 e. The molecule has 0 fully saturated rings. The maximum Gasteiger partial charge on any atom is 0.389 e. The minimum Gasteiger partial charge on any atom is -0.301 e. The summed E-state index contributed by atoms with van der Waals surface area (Å²) in [6, 6.07) is 0. The van der Waals surface area contributed by atoms with Crippen molar-refractivity contribution in [2.24, 2.45) is 0 Å². The van der Waals surface area contributed by atoms with Crippen molar-refractivity contribution in [2.45, 2.75) is 20.8 Å². The van der Waals surface area contributed by atoms with Gasteiger partial charge in [0.2, 0.25) is 0 Å². The topological polar surface area (TPSA) is 35.5 Å². The minimum atomic E-state index is -2.88. The van der Waals surface area contributed by atoms with Crippen molar-refractivity contribution < 1.29 is 13.6 Å². The molecular weight excluding hydrogens is 207 g/mol. The zero-order chi connectivity index (χ0) is 10.2. The van der Waals surface area contributed by atoms with Crippen LogP contribution in [-0.4, -0.2) is 19.0 Å². The number of hydrogen-bond donors (Lipinski definition) is 0. The van der Waals surface area contributed by atoms with E-state index in [0.29, 0.717) is 19.0 Å². The molecular formula is C8H17O3PS. The Morgan fingerprint density at radius 2 is 1.85 bits per heavy atom. The molecule has 0 aliphatic heterocycles. The molecule has 0 bridgehead atoms. The van der Waals surface area contributed by atoms with Crippen molar-refractivity contribution in [1.82, 2.24) is 0 Å². The highest BCUT2D eigenvalue weighted by atomic mass is 32.7. The summed E-state index contributed by atoms with van der Waals surface area (Å²) in [5.41, 5.74) is 0. The highest BCUT2D eigenvalue weighted by Gasteiger charge is 2.23. The first-order chi connectivity index (χ1) is 6.18. The Bertz CT molecular complexity index is 184. The zero-order valence-corrected chi connectivity index (χ0v) is 10.1. The molecule has 78 valence electrons. The molecule has 0 radical (unpaired) electrons. The molecule has 0 unspecified atom stereocenters. The molecule has 0 saturated heterocycles. The lowest BCUT2D eigenvalue weighted by atomic mass is 10.6. The maximum atomic E-state index is 11.8. The Morgan fingerprint density at radius 3 is 2.23 bits per heavy atom. The van der Waals surface area contributed by atoms with E-state index in [4.69, 9.17) is 9.05 Å². The molecule has 0 saturated carbocycles. The van der Waals surface area contributed by atoms with E-state index in [-0.39, 0.29) is 0 Å². The summed E-state index contributed by atoms with van der Waals surface area (Å²) in [5, 5.41) is 0. The second-order valence-corrected chi connectivity index (χ2v) is 6.27. The lowest BCUT2D eigenvalue weighted by Crippen LogP contribution is -1.92. The third kappa shape index (κ3) is 6.33. The van der Waals surface area contributed by atoms with E-state index in [0.717, 1.165) is 0 Å². The van der Waals surface area contributed by atoms with Crippen LogP contribution in [0.1, 0.15) is 20.8 Å². The molecule has 0 spiro atoms. The van der Waals surface area contributed by atoms with Crippen molar-refractivity contribution in [1.29, 1.82) is 0 Å². The Labute approximate surface area is 84.2 Å². The molecule has 0 N–H and O–H groups in total. The van der Waals surface area contributed by atoms with Gasteiger partial charge < -0.3 is 9.05 Å². The summed E-state index contributed by atoms with van der Waals surface area (Å²) < 4.78 is 21.9. The molecule has 5 heteroatoms. The first-order valence-electron chi connectivity index (χ1n) is 4.33. The first kappa shape index (κ1) is 13.2. The second kappa shape index (κ2) is 7.63. The van der Waals surface area contributed by atoms with Crippen molar-refractivity contribution >= 4 is 18.2 Å². The van der Waals surface area contributed by atoms with Gasteiger partial charge in [-0.25, -0.2) is 4.57 Å². The van der Waals surface area contributed by atoms with Crippen LogP contribution >= 0.6 is 18.2 Å². The summed E-state index contributed by atoms with van der Waals surface area (Å²) in [7, 11) is 0.